The maximum atomic E-state index is 12.6. The van der Waals surface area contributed by atoms with Gasteiger partial charge >= 0.3 is 5.97 Å². The van der Waals surface area contributed by atoms with Crippen molar-refractivity contribution >= 4 is 57.0 Å². The number of amides is 1. The number of aliphatic carboxylic acids is 1. The van der Waals surface area contributed by atoms with E-state index in [2.05, 4.69) is 28.8 Å². The maximum absolute atomic E-state index is 12.6. The van der Waals surface area contributed by atoms with Crippen LogP contribution in [-0.2, 0) is 9.59 Å². The van der Waals surface area contributed by atoms with Crippen molar-refractivity contribution in [1.29, 1.82) is 0 Å². The SMILES string of the molecule is Cc1cc(C=C2SC(=S)N(CC(=O)O)C2=O)c(C)n1-c1cccc2ccccc12. The molecule has 1 N–H and O–H groups in total. The van der Waals surface area contributed by atoms with E-state index < -0.39 is 12.5 Å². The Hall–Kier alpha value is -2.90. The van der Waals surface area contributed by atoms with E-state index in [-0.39, 0.29) is 10.2 Å². The van der Waals surface area contributed by atoms with Gasteiger partial charge in [-0.2, -0.15) is 0 Å². The van der Waals surface area contributed by atoms with Crippen molar-refractivity contribution in [3.05, 3.63) is 70.4 Å². The molecule has 1 fully saturated rings. The Bertz CT molecular complexity index is 1200. The molecule has 1 aliphatic rings. The Morgan fingerprint density at radius 1 is 1.17 bits per heavy atom. The molecule has 3 aromatic rings. The second-order valence-electron chi connectivity index (χ2n) is 6.82. The first-order valence-corrected chi connectivity index (χ1v) is 10.2. The summed E-state index contributed by atoms with van der Waals surface area (Å²) in [5, 5.41) is 11.3. The molecule has 7 heteroatoms. The number of carbonyl (C=O) groups is 2. The van der Waals surface area contributed by atoms with Crippen molar-refractivity contribution in [1.82, 2.24) is 9.47 Å². The third-order valence-corrected chi connectivity index (χ3v) is 6.31. The fraction of sp³-hybridized carbons (Fsp3) is 0.136. The van der Waals surface area contributed by atoms with E-state index in [1.807, 2.05) is 38.1 Å². The number of hydrogen-bond acceptors (Lipinski definition) is 4. The fourth-order valence-corrected chi connectivity index (χ4v) is 4.87. The van der Waals surface area contributed by atoms with Gasteiger partial charge in [-0.15, -0.1) is 0 Å². The summed E-state index contributed by atoms with van der Waals surface area (Å²) in [5.74, 6) is -1.45. The third kappa shape index (κ3) is 3.47. The van der Waals surface area contributed by atoms with Gasteiger partial charge in [0.2, 0.25) is 0 Å². The van der Waals surface area contributed by atoms with E-state index in [1.165, 1.54) is 0 Å². The number of benzene rings is 2. The lowest BCUT2D eigenvalue weighted by atomic mass is 10.1. The van der Waals surface area contributed by atoms with Crippen LogP contribution in [0.4, 0.5) is 0 Å². The minimum atomic E-state index is -1.09. The minimum absolute atomic E-state index is 0.270. The molecule has 0 aliphatic carbocycles. The van der Waals surface area contributed by atoms with E-state index in [1.54, 1.807) is 6.08 Å². The van der Waals surface area contributed by atoms with Gasteiger partial charge in [-0.1, -0.05) is 60.4 Å². The molecule has 0 bridgehead atoms. The number of aromatic nitrogens is 1. The average molecular weight is 423 g/mol. The molecule has 5 nitrogen and oxygen atoms in total. The number of rotatable bonds is 4. The molecule has 0 spiro atoms. The van der Waals surface area contributed by atoms with Crippen LogP contribution in [0, 0.1) is 13.8 Å². The highest BCUT2D eigenvalue weighted by molar-refractivity contribution is 8.26. The summed E-state index contributed by atoms with van der Waals surface area (Å²) in [4.78, 5) is 25.1. The quantitative estimate of drug-likeness (QED) is 0.494. The first-order valence-electron chi connectivity index (χ1n) is 9.01. The third-order valence-electron chi connectivity index (χ3n) is 4.93. The molecule has 0 atom stereocenters. The predicted octanol–water partition coefficient (Wildman–Crippen LogP) is 4.53. The number of thioether (sulfide) groups is 1. The lowest BCUT2D eigenvalue weighted by molar-refractivity contribution is -0.140. The highest BCUT2D eigenvalue weighted by Crippen LogP contribution is 2.34. The lowest BCUT2D eigenvalue weighted by Gasteiger charge is -2.13. The molecule has 1 saturated heterocycles. The maximum Gasteiger partial charge on any atom is 0.323 e. The van der Waals surface area contributed by atoms with Gasteiger partial charge in [-0.05, 0) is 43.0 Å². The molecule has 29 heavy (non-hydrogen) atoms. The van der Waals surface area contributed by atoms with Crippen LogP contribution in [0.1, 0.15) is 17.0 Å². The average Bonchev–Trinajstić information content (AvgIpc) is 3.11. The molecule has 2 heterocycles. The molecule has 4 rings (SSSR count). The normalized spacial score (nSPS) is 15.7. The highest BCUT2D eigenvalue weighted by Gasteiger charge is 2.33. The zero-order valence-electron chi connectivity index (χ0n) is 15.9. The van der Waals surface area contributed by atoms with Gasteiger partial charge in [0.25, 0.3) is 5.91 Å². The van der Waals surface area contributed by atoms with Crippen molar-refractivity contribution in [3.8, 4) is 5.69 Å². The summed E-state index contributed by atoms with van der Waals surface area (Å²) in [7, 11) is 0. The summed E-state index contributed by atoms with van der Waals surface area (Å²) < 4.78 is 2.44. The van der Waals surface area contributed by atoms with Crippen LogP contribution >= 0.6 is 24.0 Å². The topological polar surface area (TPSA) is 62.5 Å². The number of nitrogens with zero attached hydrogens (tertiary/aromatic N) is 2. The Kier molecular flexibility index (Phi) is 5.02. The molecule has 0 radical (unpaired) electrons. The number of fused-ring (bicyclic) bond motifs is 1. The number of carboxylic acids is 1. The van der Waals surface area contributed by atoms with Gasteiger partial charge in [0.05, 0.1) is 10.6 Å². The van der Waals surface area contributed by atoms with Gasteiger partial charge in [0.15, 0.2) is 0 Å². The zero-order chi connectivity index (χ0) is 20.7. The molecule has 1 aromatic heterocycles. The molecule has 0 saturated carbocycles. The summed E-state index contributed by atoms with van der Waals surface area (Å²) in [6.45, 7) is 3.62. The standard InChI is InChI=1S/C22H18N2O3S2/c1-13-10-16(11-19-21(27)23(12-20(25)26)22(28)29-19)14(2)24(13)18-9-5-7-15-6-3-4-8-17(15)18/h3-11H,12H2,1-2H3,(H,25,26). The van der Waals surface area contributed by atoms with Crippen molar-refractivity contribution in [2.45, 2.75) is 13.8 Å². The summed E-state index contributed by atoms with van der Waals surface area (Å²) in [5.41, 5.74) is 4.04. The zero-order valence-corrected chi connectivity index (χ0v) is 17.5. The predicted molar refractivity (Wildman–Crippen MR) is 120 cm³/mol. The lowest BCUT2D eigenvalue weighted by Crippen LogP contribution is -2.33. The van der Waals surface area contributed by atoms with Crippen LogP contribution in [0.5, 0.6) is 0 Å². The second-order valence-corrected chi connectivity index (χ2v) is 8.50. The van der Waals surface area contributed by atoms with Crippen molar-refractivity contribution in [2.75, 3.05) is 6.54 Å². The van der Waals surface area contributed by atoms with Crippen LogP contribution in [0.15, 0.2) is 53.4 Å². The highest BCUT2D eigenvalue weighted by atomic mass is 32.2. The van der Waals surface area contributed by atoms with E-state index in [0.717, 1.165) is 50.1 Å². The molecular weight excluding hydrogens is 404 g/mol. The molecule has 1 amide bonds. The second kappa shape index (κ2) is 7.50. The first kappa shape index (κ1) is 19.4. The summed E-state index contributed by atoms with van der Waals surface area (Å²) >= 11 is 6.32. The monoisotopic (exact) mass is 422 g/mol. The molecule has 1 aliphatic heterocycles. The number of hydrogen-bond donors (Lipinski definition) is 1. The van der Waals surface area contributed by atoms with Crippen LogP contribution < -0.4 is 0 Å². The number of carboxylic acid groups (broad SMARTS) is 1. The van der Waals surface area contributed by atoms with Crippen LogP contribution in [-0.4, -0.2) is 37.3 Å². The van der Waals surface area contributed by atoms with Crippen molar-refractivity contribution in [3.63, 3.8) is 0 Å². The Morgan fingerprint density at radius 2 is 1.90 bits per heavy atom. The van der Waals surface area contributed by atoms with Crippen LogP contribution in [0.25, 0.3) is 22.5 Å². The largest absolute Gasteiger partial charge is 0.480 e. The van der Waals surface area contributed by atoms with Crippen molar-refractivity contribution < 1.29 is 14.7 Å². The van der Waals surface area contributed by atoms with Crippen molar-refractivity contribution in [2.24, 2.45) is 0 Å². The molecular formula is C22H18N2O3S2. The Labute approximate surface area is 177 Å². The van der Waals surface area contributed by atoms with E-state index >= 15 is 0 Å². The van der Waals surface area contributed by atoms with E-state index in [4.69, 9.17) is 17.3 Å². The molecule has 0 unspecified atom stereocenters. The summed E-state index contributed by atoms with van der Waals surface area (Å²) in [6.07, 6.45) is 1.80. The number of aryl methyl sites for hydroxylation is 1. The van der Waals surface area contributed by atoms with Gasteiger partial charge in [0.1, 0.15) is 10.9 Å². The number of thiocarbonyl (C=S) groups is 1. The fourth-order valence-electron chi connectivity index (χ4n) is 3.62. The minimum Gasteiger partial charge on any atom is -0.480 e. The van der Waals surface area contributed by atoms with E-state index in [9.17, 15) is 9.59 Å². The van der Waals surface area contributed by atoms with Gasteiger partial charge in [-0.25, -0.2) is 0 Å². The number of carbonyl (C=O) groups excluding carboxylic acids is 1. The van der Waals surface area contributed by atoms with Gasteiger partial charge in [0, 0.05) is 16.8 Å². The Morgan fingerprint density at radius 3 is 2.66 bits per heavy atom. The van der Waals surface area contributed by atoms with Crippen LogP contribution in [0.3, 0.4) is 0 Å². The molecule has 2 aromatic carbocycles. The van der Waals surface area contributed by atoms with Crippen LogP contribution in [0.2, 0.25) is 0 Å². The first-order chi connectivity index (χ1) is 13.9. The Balaban J connectivity index is 1.77. The molecule has 146 valence electrons. The van der Waals surface area contributed by atoms with E-state index in [0.29, 0.717) is 4.91 Å². The summed E-state index contributed by atoms with van der Waals surface area (Å²) in [6, 6.07) is 16.5. The smallest absolute Gasteiger partial charge is 0.323 e. The van der Waals surface area contributed by atoms with Gasteiger partial charge < -0.3 is 9.67 Å². The van der Waals surface area contributed by atoms with Gasteiger partial charge in [-0.3, -0.25) is 14.5 Å².